The number of rotatable bonds is 6. The highest BCUT2D eigenvalue weighted by Gasteiger charge is 2.58. The molecular formula is C24H25FN4O. The molecule has 154 valence electrons. The Morgan fingerprint density at radius 1 is 1.20 bits per heavy atom. The molecule has 2 aliphatic rings. The Morgan fingerprint density at radius 3 is 2.70 bits per heavy atom. The third-order valence-corrected chi connectivity index (χ3v) is 6.98. The largest absolute Gasteiger partial charge is 0.367 e. The molecule has 5 rings (SSSR count). The van der Waals surface area contributed by atoms with Gasteiger partial charge in [0.25, 0.3) is 0 Å². The zero-order chi connectivity index (χ0) is 20.8. The summed E-state index contributed by atoms with van der Waals surface area (Å²) in [5.74, 6) is 2.29. The summed E-state index contributed by atoms with van der Waals surface area (Å²) in [6.45, 7) is 2.19. The second-order valence-electron chi connectivity index (χ2n) is 8.57. The van der Waals surface area contributed by atoms with Crippen LogP contribution in [0.3, 0.4) is 0 Å². The molecule has 6 heteroatoms. The second kappa shape index (κ2) is 7.35. The first-order valence-electron chi connectivity index (χ1n) is 10.6. The molecule has 0 saturated heterocycles. The van der Waals surface area contributed by atoms with Crippen LogP contribution in [0.4, 0.5) is 10.2 Å². The smallest absolute Gasteiger partial charge is 0.248 e. The van der Waals surface area contributed by atoms with Gasteiger partial charge in [0.15, 0.2) is 0 Å². The number of fused-ring (bicyclic) bond motifs is 2. The molecule has 5 nitrogen and oxygen atoms in total. The zero-order valence-electron chi connectivity index (χ0n) is 16.9. The highest BCUT2D eigenvalue weighted by molar-refractivity contribution is 5.94. The molecule has 0 unspecified atom stereocenters. The molecule has 2 aromatic carbocycles. The van der Waals surface area contributed by atoms with Gasteiger partial charge >= 0.3 is 0 Å². The van der Waals surface area contributed by atoms with Crippen molar-refractivity contribution in [2.24, 2.45) is 23.5 Å². The maximum absolute atomic E-state index is 13.7. The first kappa shape index (κ1) is 19.0. The van der Waals surface area contributed by atoms with E-state index in [1.807, 2.05) is 18.2 Å². The Labute approximate surface area is 174 Å². The number of nitrogens with one attached hydrogen (secondary N) is 1. The summed E-state index contributed by atoms with van der Waals surface area (Å²) in [5, 5.41) is 4.25. The standard InChI is InChI=1S/C24H25FN4O/c1-2-15(16-5-3-4-6-17(16)23(26)30)22-18-10-14(11-19(18)22)29-24-20-9-13(25)7-8-21(20)27-12-28-24/h3-9,12,14-15,18-19,22H,2,10-11H2,1H3,(H2,26,30)(H,27,28,29)/t14?,15-,18+,19+,22?/m0/s1. The van der Waals surface area contributed by atoms with Gasteiger partial charge in [-0.1, -0.05) is 25.1 Å². The van der Waals surface area contributed by atoms with Crippen molar-refractivity contribution in [2.75, 3.05) is 5.32 Å². The number of benzene rings is 2. The van der Waals surface area contributed by atoms with Crippen molar-refractivity contribution >= 4 is 22.6 Å². The maximum atomic E-state index is 13.7. The normalized spacial score (nSPS) is 23.9. The van der Waals surface area contributed by atoms with E-state index in [9.17, 15) is 9.18 Å². The van der Waals surface area contributed by atoms with Crippen molar-refractivity contribution in [1.29, 1.82) is 0 Å². The third kappa shape index (κ3) is 3.20. The summed E-state index contributed by atoms with van der Waals surface area (Å²) in [6, 6.07) is 12.7. The van der Waals surface area contributed by atoms with Crippen LogP contribution in [0, 0.1) is 23.6 Å². The average molecular weight is 404 g/mol. The monoisotopic (exact) mass is 404 g/mol. The number of carbonyl (C=O) groups is 1. The van der Waals surface area contributed by atoms with Crippen LogP contribution >= 0.6 is 0 Å². The fourth-order valence-corrected chi connectivity index (χ4v) is 5.69. The van der Waals surface area contributed by atoms with Gasteiger partial charge < -0.3 is 11.1 Å². The Hall–Kier alpha value is -3.02. The van der Waals surface area contributed by atoms with Crippen molar-refractivity contribution in [3.05, 3.63) is 65.7 Å². The van der Waals surface area contributed by atoms with Gasteiger partial charge in [0.1, 0.15) is 18.0 Å². The predicted molar refractivity (Wildman–Crippen MR) is 115 cm³/mol. The molecule has 1 amide bonds. The minimum absolute atomic E-state index is 0.284. The predicted octanol–water partition coefficient (Wildman–Crippen LogP) is 4.50. The van der Waals surface area contributed by atoms with Crippen LogP contribution in [0.1, 0.15) is 48.0 Å². The van der Waals surface area contributed by atoms with Crippen LogP contribution in [0.5, 0.6) is 0 Å². The zero-order valence-corrected chi connectivity index (χ0v) is 16.9. The fraction of sp³-hybridized carbons (Fsp3) is 0.375. The summed E-state index contributed by atoms with van der Waals surface area (Å²) in [4.78, 5) is 20.5. The lowest BCUT2D eigenvalue weighted by Crippen LogP contribution is -2.22. The molecule has 3 N–H and O–H groups in total. The van der Waals surface area contributed by atoms with Gasteiger partial charge in [-0.25, -0.2) is 14.4 Å². The van der Waals surface area contributed by atoms with Crippen molar-refractivity contribution in [3.8, 4) is 0 Å². The van der Waals surface area contributed by atoms with E-state index in [1.54, 1.807) is 6.07 Å². The van der Waals surface area contributed by atoms with Crippen LogP contribution in [0.25, 0.3) is 10.9 Å². The number of amides is 1. The first-order valence-corrected chi connectivity index (χ1v) is 10.6. The summed E-state index contributed by atoms with van der Waals surface area (Å²) >= 11 is 0. The van der Waals surface area contributed by atoms with Crippen LogP contribution in [-0.2, 0) is 0 Å². The number of nitrogens with two attached hydrogens (primary N) is 1. The topological polar surface area (TPSA) is 80.9 Å². The van der Waals surface area contributed by atoms with Crippen molar-refractivity contribution in [1.82, 2.24) is 9.97 Å². The highest BCUT2D eigenvalue weighted by Crippen LogP contribution is 2.64. The molecule has 0 radical (unpaired) electrons. The van der Waals surface area contributed by atoms with Gasteiger partial charge in [-0.05, 0) is 72.8 Å². The Morgan fingerprint density at radius 2 is 1.97 bits per heavy atom. The van der Waals surface area contributed by atoms with Gasteiger partial charge in [-0.15, -0.1) is 0 Å². The Balaban J connectivity index is 1.31. The number of anilines is 1. The number of carbonyl (C=O) groups excluding carboxylic acids is 1. The van der Waals surface area contributed by atoms with Gasteiger partial charge in [0.2, 0.25) is 5.91 Å². The van der Waals surface area contributed by atoms with Crippen LogP contribution in [-0.4, -0.2) is 21.9 Å². The molecule has 0 spiro atoms. The van der Waals surface area contributed by atoms with E-state index >= 15 is 0 Å². The van der Waals surface area contributed by atoms with E-state index in [0.29, 0.717) is 41.1 Å². The molecule has 30 heavy (non-hydrogen) atoms. The molecule has 2 fully saturated rings. The minimum atomic E-state index is -0.350. The number of aromatic nitrogens is 2. The average Bonchev–Trinajstić information content (AvgIpc) is 3.22. The third-order valence-electron chi connectivity index (χ3n) is 6.98. The number of halogens is 1. The number of hydrogen-bond acceptors (Lipinski definition) is 4. The van der Waals surface area contributed by atoms with Gasteiger partial charge in [0.05, 0.1) is 5.52 Å². The summed E-state index contributed by atoms with van der Waals surface area (Å²) in [7, 11) is 0. The Bertz CT molecular complexity index is 1110. The SMILES string of the molecule is CC[C@@H](c1ccccc1C(N)=O)C1[C@@H]2CC(Nc3ncnc4ccc(F)cc34)C[C@@H]12. The molecule has 2 aliphatic carbocycles. The van der Waals surface area contributed by atoms with Crippen molar-refractivity contribution in [3.63, 3.8) is 0 Å². The molecule has 3 atom stereocenters. The highest BCUT2D eigenvalue weighted by atomic mass is 19.1. The Kier molecular flexibility index (Phi) is 4.65. The second-order valence-corrected chi connectivity index (χ2v) is 8.57. The van der Waals surface area contributed by atoms with Crippen LogP contribution in [0.15, 0.2) is 48.8 Å². The minimum Gasteiger partial charge on any atom is -0.367 e. The van der Waals surface area contributed by atoms with Crippen molar-refractivity contribution in [2.45, 2.75) is 38.1 Å². The lowest BCUT2D eigenvalue weighted by molar-refractivity contribution is 0.0998. The molecule has 1 aromatic heterocycles. The van der Waals surface area contributed by atoms with E-state index in [1.165, 1.54) is 18.5 Å². The fourth-order valence-electron chi connectivity index (χ4n) is 5.69. The van der Waals surface area contributed by atoms with E-state index in [4.69, 9.17) is 5.73 Å². The lowest BCUT2D eigenvalue weighted by atomic mass is 9.84. The molecular weight excluding hydrogens is 379 g/mol. The van der Waals surface area contributed by atoms with E-state index in [0.717, 1.165) is 35.7 Å². The molecule has 0 aliphatic heterocycles. The molecule has 0 bridgehead atoms. The molecule has 3 aromatic rings. The molecule has 2 saturated carbocycles. The van der Waals surface area contributed by atoms with E-state index in [2.05, 4.69) is 28.3 Å². The summed E-state index contributed by atoms with van der Waals surface area (Å²) in [6.07, 6.45) is 4.64. The van der Waals surface area contributed by atoms with Crippen LogP contribution < -0.4 is 11.1 Å². The number of hydrogen-bond donors (Lipinski definition) is 2. The lowest BCUT2D eigenvalue weighted by Gasteiger charge is -2.23. The summed E-state index contributed by atoms with van der Waals surface area (Å²) < 4.78 is 13.7. The first-order chi connectivity index (χ1) is 14.6. The van der Waals surface area contributed by atoms with E-state index in [-0.39, 0.29) is 11.7 Å². The quantitative estimate of drug-likeness (QED) is 0.634. The van der Waals surface area contributed by atoms with E-state index < -0.39 is 0 Å². The van der Waals surface area contributed by atoms with Crippen LogP contribution in [0.2, 0.25) is 0 Å². The molecule has 1 heterocycles. The number of nitrogens with zero attached hydrogens (tertiary/aromatic N) is 2. The maximum Gasteiger partial charge on any atom is 0.248 e. The van der Waals surface area contributed by atoms with Gasteiger partial charge in [-0.3, -0.25) is 4.79 Å². The summed E-state index contributed by atoms with van der Waals surface area (Å²) in [5.41, 5.74) is 8.10. The van der Waals surface area contributed by atoms with Gasteiger partial charge in [0, 0.05) is 17.0 Å². The number of primary amides is 1. The van der Waals surface area contributed by atoms with Crippen molar-refractivity contribution < 1.29 is 9.18 Å². The van der Waals surface area contributed by atoms with Gasteiger partial charge in [-0.2, -0.15) is 0 Å².